The molecule has 1 unspecified atom stereocenters. The lowest BCUT2D eigenvalue weighted by Crippen LogP contribution is -2.35. The molecule has 6 nitrogen and oxygen atoms in total. The van der Waals surface area contributed by atoms with Crippen LogP contribution in [0.15, 0.2) is 52.9 Å². The first kappa shape index (κ1) is 21.1. The predicted octanol–water partition coefficient (Wildman–Crippen LogP) is 5.13. The molecular formula is C25H29N3O3. The zero-order valence-corrected chi connectivity index (χ0v) is 18.2. The van der Waals surface area contributed by atoms with Gasteiger partial charge >= 0.3 is 0 Å². The standard InChI is InChI=1S/C25H29N3O3/c1-18-7-9-20(10-8-18)25-27-26-23(31-25)15-16-24(29)28-17-5-3-4-6-22(28)19-11-13-21(30-2)14-12-19/h7-14,22H,3-6,15-17H2,1-2H3. The number of hydrogen-bond donors (Lipinski definition) is 0. The van der Waals surface area contributed by atoms with Crippen LogP contribution in [-0.2, 0) is 11.2 Å². The van der Waals surface area contributed by atoms with Crippen LogP contribution in [0.25, 0.3) is 11.5 Å². The Balaban J connectivity index is 1.42. The predicted molar refractivity (Wildman–Crippen MR) is 119 cm³/mol. The lowest BCUT2D eigenvalue weighted by molar-refractivity contribution is -0.133. The van der Waals surface area contributed by atoms with E-state index in [1.807, 2.05) is 48.2 Å². The molecule has 0 N–H and O–H groups in total. The van der Waals surface area contributed by atoms with E-state index >= 15 is 0 Å². The molecule has 6 heteroatoms. The molecule has 2 heterocycles. The molecule has 0 spiro atoms. The number of methoxy groups -OCH3 is 1. The average molecular weight is 420 g/mol. The third kappa shape index (κ3) is 5.13. The summed E-state index contributed by atoms with van der Waals surface area (Å²) in [5.74, 6) is 1.96. The number of nitrogens with zero attached hydrogens (tertiary/aromatic N) is 3. The second-order valence-electron chi connectivity index (χ2n) is 8.09. The number of amides is 1. The lowest BCUT2D eigenvalue weighted by atomic mass is 10.00. The number of aryl methyl sites for hydroxylation is 2. The van der Waals surface area contributed by atoms with Gasteiger partial charge in [-0.05, 0) is 49.6 Å². The Hall–Kier alpha value is -3.15. The largest absolute Gasteiger partial charge is 0.497 e. The SMILES string of the molecule is COc1ccc(C2CCCCCN2C(=O)CCc2nnc(-c3ccc(C)cc3)o2)cc1. The molecule has 4 rings (SSSR count). The molecule has 1 aliphatic heterocycles. The van der Waals surface area contributed by atoms with Crippen LogP contribution >= 0.6 is 0 Å². The van der Waals surface area contributed by atoms with Crippen molar-refractivity contribution in [3.8, 4) is 17.2 Å². The Bertz CT molecular complexity index is 996. The van der Waals surface area contributed by atoms with Crippen molar-refractivity contribution in [2.45, 2.75) is 51.5 Å². The van der Waals surface area contributed by atoms with E-state index in [-0.39, 0.29) is 11.9 Å². The normalized spacial score (nSPS) is 16.7. The first-order valence-corrected chi connectivity index (χ1v) is 11.0. The van der Waals surface area contributed by atoms with E-state index in [1.54, 1.807) is 7.11 Å². The van der Waals surface area contributed by atoms with Crippen molar-refractivity contribution in [1.82, 2.24) is 15.1 Å². The van der Waals surface area contributed by atoms with Gasteiger partial charge in [0.25, 0.3) is 0 Å². The third-order valence-corrected chi connectivity index (χ3v) is 5.89. The van der Waals surface area contributed by atoms with Crippen molar-refractivity contribution in [3.63, 3.8) is 0 Å². The van der Waals surface area contributed by atoms with Gasteiger partial charge in [-0.2, -0.15) is 0 Å². The molecule has 0 aliphatic carbocycles. The number of ether oxygens (including phenoxy) is 1. The summed E-state index contributed by atoms with van der Waals surface area (Å²) >= 11 is 0. The van der Waals surface area contributed by atoms with Crippen LogP contribution in [0.3, 0.4) is 0 Å². The molecule has 0 saturated carbocycles. The van der Waals surface area contributed by atoms with Crippen LogP contribution in [0, 0.1) is 6.92 Å². The van der Waals surface area contributed by atoms with Crippen LogP contribution < -0.4 is 4.74 Å². The number of rotatable bonds is 6. The van der Waals surface area contributed by atoms with Crippen molar-refractivity contribution >= 4 is 5.91 Å². The van der Waals surface area contributed by atoms with Gasteiger partial charge < -0.3 is 14.1 Å². The second kappa shape index (κ2) is 9.77. The topological polar surface area (TPSA) is 68.5 Å². The van der Waals surface area contributed by atoms with Crippen molar-refractivity contribution in [2.24, 2.45) is 0 Å². The van der Waals surface area contributed by atoms with Gasteiger partial charge in [-0.15, -0.1) is 10.2 Å². The van der Waals surface area contributed by atoms with E-state index < -0.39 is 0 Å². The maximum Gasteiger partial charge on any atom is 0.247 e. The van der Waals surface area contributed by atoms with Gasteiger partial charge in [0.1, 0.15) is 5.75 Å². The first-order valence-electron chi connectivity index (χ1n) is 11.0. The fourth-order valence-electron chi connectivity index (χ4n) is 4.10. The number of benzene rings is 2. The fraction of sp³-hybridized carbons (Fsp3) is 0.400. The first-order chi connectivity index (χ1) is 15.1. The molecule has 1 atom stereocenters. The van der Waals surface area contributed by atoms with Crippen LogP contribution in [0.1, 0.15) is 55.2 Å². The van der Waals surface area contributed by atoms with E-state index in [0.29, 0.717) is 24.6 Å². The van der Waals surface area contributed by atoms with Crippen LogP contribution in [0.5, 0.6) is 5.75 Å². The van der Waals surface area contributed by atoms with E-state index in [4.69, 9.17) is 9.15 Å². The van der Waals surface area contributed by atoms with Gasteiger partial charge in [-0.25, -0.2) is 0 Å². The van der Waals surface area contributed by atoms with E-state index in [2.05, 4.69) is 22.3 Å². The highest BCUT2D eigenvalue weighted by Gasteiger charge is 2.27. The van der Waals surface area contributed by atoms with Gasteiger partial charge in [0.05, 0.1) is 13.2 Å². The Morgan fingerprint density at radius 3 is 2.58 bits per heavy atom. The van der Waals surface area contributed by atoms with Crippen LogP contribution in [-0.4, -0.2) is 34.7 Å². The number of carbonyl (C=O) groups excluding carboxylic acids is 1. The Morgan fingerprint density at radius 1 is 1.06 bits per heavy atom. The van der Waals surface area contributed by atoms with Crippen molar-refractivity contribution in [1.29, 1.82) is 0 Å². The summed E-state index contributed by atoms with van der Waals surface area (Å²) in [6, 6.07) is 16.1. The minimum atomic E-state index is 0.103. The molecular weight excluding hydrogens is 390 g/mol. The van der Waals surface area contributed by atoms with Crippen LogP contribution in [0.4, 0.5) is 0 Å². The Labute approximate surface area is 183 Å². The Kier molecular flexibility index (Phi) is 6.65. The van der Waals surface area contributed by atoms with Gasteiger partial charge in [-0.1, -0.05) is 42.7 Å². The fourth-order valence-corrected chi connectivity index (χ4v) is 4.10. The quantitative estimate of drug-likeness (QED) is 0.554. The zero-order valence-electron chi connectivity index (χ0n) is 18.2. The molecule has 2 aromatic carbocycles. The molecule has 0 radical (unpaired) electrons. The highest BCUT2D eigenvalue weighted by molar-refractivity contribution is 5.77. The summed E-state index contributed by atoms with van der Waals surface area (Å²) in [5.41, 5.74) is 3.23. The molecule has 1 fully saturated rings. The minimum absolute atomic E-state index is 0.103. The maximum atomic E-state index is 13.2. The van der Waals surface area contributed by atoms with Crippen LogP contribution in [0.2, 0.25) is 0 Å². The summed E-state index contributed by atoms with van der Waals surface area (Å²) in [5, 5.41) is 8.29. The number of likely N-dealkylation sites (tertiary alicyclic amines) is 1. The van der Waals surface area contributed by atoms with Gasteiger partial charge in [-0.3, -0.25) is 4.79 Å². The number of hydrogen-bond acceptors (Lipinski definition) is 5. The summed E-state index contributed by atoms with van der Waals surface area (Å²) in [6.45, 7) is 2.82. The summed E-state index contributed by atoms with van der Waals surface area (Å²) in [7, 11) is 1.66. The van der Waals surface area contributed by atoms with Crippen molar-refractivity contribution < 1.29 is 13.9 Å². The molecule has 162 valence electrons. The maximum absolute atomic E-state index is 13.2. The zero-order chi connectivity index (χ0) is 21.6. The smallest absolute Gasteiger partial charge is 0.247 e. The third-order valence-electron chi connectivity index (χ3n) is 5.89. The average Bonchev–Trinajstić information content (AvgIpc) is 3.14. The molecule has 1 aromatic heterocycles. The van der Waals surface area contributed by atoms with E-state index in [0.717, 1.165) is 49.1 Å². The molecule has 1 saturated heterocycles. The molecule has 31 heavy (non-hydrogen) atoms. The van der Waals surface area contributed by atoms with E-state index in [1.165, 1.54) is 5.56 Å². The summed E-state index contributed by atoms with van der Waals surface area (Å²) in [6.07, 6.45) is 5.11. The van der Waals surface area contributed by atoms with Crippen molar-refractivity contribution in [3.05, 3.63) is 65.5 Å². The second-order valence-corrected chi connectivity index (χ2v) is 8.09. The molecule has 1 aliphatic rings. The van der Waals surface area contributed by atoms with Crippen molar-refractivity contribution in [2.75, 3.05) is 13.7 Å². The highest BCUT2D eigenvalue weighted by Crippen LogP contribution is 2.32. The Morgan fingerprint density at radius 2 is 1.84 bits per heavy atom. The summed E-state index contributed by atoms with van der Waals surface area (Å²) in [4.78, 5) is 15.2. The van der Waals surface area contributed by atoms with E-state index in [9.17, 15) is 4.79 Å². The van der Waals surface area contributed by atoms with Gasteiger partial charge in [0.15, 0.2) is 0 Å². The number of aromatic nitrogens is 2. The highest BCUT2D eigenvalue weighted by atomic mass is 16.5. The molecule has 0 bridgehead atoms. The lowest BCUT2D eigenvalue weighted by Gasteiger charge is -2.30. The minimum Gasteiger partial charge on any atom is -0.497 e. The molecule has 1 amide bonds. The monoisotopic (exact) mass is 419 g/mol. The van der Waals surface area contributed by atoms with Gasteiger partial charge in [0, 0.05) is 24.9 Å². The van der Waals surface area contributed by atoms with Gasteiger partial charge in [0.2, 0.25) is 17.7 Å². The molecule has 3 aromatic rings. The summed E-state index contributed by atoms with van der Waals surface area (Å²) < 4.78 is 11.1. The number of carbonyl (C=O) groups is 1.